The van der Waals surface area contributed by atoms with E-state index in [1.54, 1.807) is 11.7 Å². The lowest BCUT2D eigenvalue weighted by Gasteiger charge is -2.02. The molecule has 1 heterocycles. The highest BCUT2D eigenvalue weighted by Gasteiger charge is 2.04. The summed E-state index contributed by atoms with van der Waals surface area (Å²) < 4.78 is 0. The van der Waals surface area contributed by atoms with Crippen LogP contribution in [0, 0.1) is 0 Å². The van der Waals surface area contributed by atoms with Gasteiger partial charge in [0.1, 0.15) is 4.88 Å². The first-order chi connectivity index (χ1) is 7.34. The minimum Gasteiger partial charge on any atom is -0.396 e. The summed E-state index contributed by atoms with van der Waals surface area (Å²) >= 11 is 1.35. The van der Waals surface area contributed by atoms with E-state index in [2.05, 4.69) is 10.3 Å². The summed E-state index contributed by atoms with van der Waals surface area (Å²) in [5.74, 6) is -0.0420. The fourth-order valence-corrected chi connectivity index (χ4v) is 1.74. The van der Waals surface area contributed by atoms with Crippen LogP contribution in [0.5, 0.6) is 0 Å². The molecule has 1 aromatic rings. The van der Waals surface area contributed by atoms with E-state index in [4.69, 9.17) is 5.11 Å². The molecule has 1 aromatic heterocycles. The van der Waals surface area contributed by atoms with Crippen molar-refractivity contribution < 1.29 is 9.90 Å². The quantitative estimate of drug-likeness (QED) is 0.694. The lowest BCUT2D eigenvalue weighted by atomic mass is 10.2. The molecule has 0 saturated heterocycles. The van der Waals surface area contributed by atoms with Crippen LogP contribution in [0.1, 0.15) is 35.4 Å². The van der Waals surface area contributed by atoms with E-state index in [9.17, 15) is 4.79 Å². The highest BCUT2D eigenvalue weighted by Crippen LogP contribution is 2.04. The van der Waals surface area contributed by atoms with Gasteiger partial charge in [0, 0.05) is 13.2 Å². The Balaban J connectivity index is 2.03. The van der Waals surface area contributed by atoms with Crippen LogP contribution in [-0.4, -0.2) is 29.1 Å². The first kappa shape index (κ1) is 12.1. The molecule has 0 aliphatic rings. The molecule has 2 N–H and O–H groups in total. The highest BCUT2D eigenvalue weighted by atomic mass is 32.1. The molecule has 0 unspecified atom stereocenters. The Hall–Kier alpha value is -0.940. The third-order valence-corrected chi connectivity index (χ3v) is 2.80. The van der Waals surface area contributed by atoms with Crippen LogP contribution in [0.25, 0.3) is 0 Å². The SMILES string of the molecule is O=C(NCCCCCCO)c1cncs1. The first-order valence-corrected chi connectivity index (χ1v) is 6.00. The van der Waals surface area contributed by atoms with Crippen molar-refractivity contribution >= 4 is 17.2 Å². The Morgan fingerprint density at radius 2 is 2.20 bits per heavy atom. The van der Waals surface area contributed by atoms with Gasteiger partial charge in [-0.3, -0.25) is 9.78 Å². The van der Waals surface area contributed by atoms with Crippen molar-refractivity contribution in [1.82, 2.24) is 10.3 Å². The number of aliphatic hydroxyl groups is 1. The van der Waals surface area contributed by atoms with Gasteiger partial charge < -0.3 is 10.4 Å². The summed E-state index contributed by atoms with van der Waals surface area (Å²) in [6, 6.07) is 0. The fourth-order valence-electron chi connectivity index (χ4n) is 1.21. The van der Waals surface area contributed by atoms with Crippen LogP contribution in [0.3, 0.4) is 0 Å². The van der Waals surface area contributed by atoms with E-state index < -0.39 is 0 Å². The van der Waals surface area contributed by atoms with Gasteiger partial charge in [0.05, 0.1) is 11.7 Å². The van der Waals surface area contributed by atoms with Gasteiger partial charge in [0.15, 0.2) is 0 Å². The van der Waals surface area contributed by atoms with Crippen molar-refractivity contribution in [2.45, 2.75) is 25.7 Å². The van der Waals surface area contributed by atoms with Crippen molar-refractivity contribution in [1.29, 1.82) is 0 Å². The number of hydrogen-bond donors (Lipinski definition) is 2. The normalized spacial score (nSPS) is 10.2. The summed E-state index contributed by atoms with van der Waals surface area (Å²) in [6.07, 6.45) is 5.45. The Bertz CT molecular complexity index is 275. The number of aromatic nitrogens is 1. The van der Waals surface area contributed by atoms with Crippen LogP contribution in [0.4, 0.5) is 0 Å². The Kier molecular flexibility index (Phi) is 5.96. The number of unbranched alkanes of at least 4 members (excludes halogenated alkanes) is 3. The van der Waals surface area contributed by atoms with Crippen molar-refractivity contribution in [3.63, 3.8) is 0 Å². The highest BCUT2D eigenvalue weighted by molar-refractivity contribution is 7.11. The van der Waals surface area contributed by atoms with E-state index in [0.717, 1.165) is 25.7 Å². The number of carbonyl (C=O) groups is 1. The van der Waals surface area contributed by atoms with Gasteiger partial charge in [-0.2, -0.15) is 0 Å². The summed E-state index contributed by atoms with van der Waals surface area (Å²) in [4.78, 5) is 15.9. The first-order valence-electron chi connectivity index (χ1n) is 5.12. The molecular formula is C10H16N2O2S. The summed E-state index contributed by atoms with van der Waals surface area (Å²) in [5, 5.41) is 11.4. The Morgan fingerprint density at radius 1 is 1.40 bits per heavy atom. The molecule has 4 nitrogen and oxygen atoms in total. The molecule has 84 valence electrons. The number of rotatable bonds is 7. The van der Waals surface area contributed by atoms with Crippen LogP contribution >= 0.6 is 11.3 Å². The van der Waals surface area contributed by atoms with Crippen molar-refractivity contribution in [2.24, 2.45) is 0 Å². The number of amides is 1. The van der Waals surface area contributed by atoms with E-state index in [1.165, 1.54) is 11.3 Å². The molecular weight excluding hydrogens is 212 g/mol. The molecule has 1 amide bonds. The molecule has 0 aromatic carbocycles. The molecule has 0 aliphatic carbocycles. The molecule has 0 spiro atoms. The van der Waals surface area contributed by atoms with Crippen molar-refractivity contribution in [3.05, 3.63) is 16.6 Å². The minimum absolute atomic E-state index is 0.0420. The molecule has 0 radical (unpaired) electrons. The molecule has 1 rings (SSSR count). The van der Waals surface area contributed by atoms with Gasteiger partial charge in [-0.25, -0.2) is 0 Å². The zero-order valence-electron chi connectivity index (χ0n) is 8.61. The maximum Gasteiger partial charge on any atom is 0.262 e. The zero-order chi connectivity index (χ0) is 10.9. The minimum atomic E-state index is -0.0420. The molecule has 0 fully saturated rings. The number of aliphatic hydroxyl groups excluding tert-OH is 1. The molecule has 0 aliphatic heterocycles. The topological polar surface area (TPSA) is 62.2 Å². The van der Waals surface area contributed by atoms with E-state index in [1.807, 2.05) is 0 Å². The number of hydrogen-bond acceptors (Lipinski definition) is 4. The zero-order valence-corrected chi connectivity index (χ0v) is 9.42. The van der Waals surface area contributed by atoms with Gasteiger partial charge in [0.2, 0.25) is 0 Å². The van der Waals surface area contributed by atoms with Gasteiger partial charge >= 0.3 is 0 Å². The predicted molar refractivity (Wildman–Crippen MR) is 60.0 cm³/mol. The molecule has 0 atom stereocenters. The van der Waals surface area contributed by atoms with Crippen LogP contribution in [0.2, 0.25) is 0 Å². The number of thiazole rings is 1. The van der Waals surface area contributed by atoms with Crippen LogP contribution in [0.15, 0.2) is 11.7 Å². The van der Waals surface area contributed by atoms with Gasteiger partial charge in [-0.15, -0.1) is 11.3 Å². The lowest BCUT2D eigenvalue weighted by molar-refractivity contribution is 0.0956. The summed E-state index contributed by atoms with van der Waals surface area (Å²) in [5.41, 5.74) is 1.65. The standard InChI is InChI=1S/C10H16N2O2S/c13-6-4-2-1-3-5-12-10(14)9-7-11-8-15-9/h7-8,13H,1-6H2,(H,12,14). The number of nitrogens with one attached hydrogen (secondary N) is 1. The molecule has 5 heteroatoms. The molecule has 0 saturated carbocycles. The second kappa shape index (κ2) is 7.36. The van der Waals surface area contributed by atoms with Gasteiger partial charge in [0.25, 0.3) is 5.91 Å². The predicted octanol–water partition coefficient (Wildman–Crippen LogP) is 1.43. The molecule has 15 heavy (non-hydrogen) atoms. The Morgan fingerprint density at radius 3 is 2.87 bits per heavy atom. The molecule has 0 bridgehead atoms. The maximum atomic E-state index is 11.4. The fraction of sp³-hybridized carbons (Fsp3) is 0.600. The summed E-state index contributed by atoms with van der Waals surface area (Å²) in [7, 11) is 0. The number of carbonyl (C=O) groups excluding carboxylic acids is 1. The van der Waals surface area contributed by atoms with Crippen LogP contribution in [-0.2, 0) is 0 Å². The van der Waals surface area contributed by atoms with E-state index in [-0.39, 0.29) is 12.5 Å². The average molecular weight is 228 g/mol. The van der Waals surface area contributed by atoms with Gasteiger partial charge in [-0.05, 0) is 12.8 Å². The van der Waals surface area contributed by atoms with Crippen molar-refractivity contribution in [2.75, 3.05) is 13.2 Å². The summed E-state index contributed by atoms with van der Waals surface area (Å²) in [6.45, 7) is 0.954. The van der Waals surface area contributed by atoms with E-state index >= 15 is 0 Å². The second-order valence-corrected chi connectivity index (χ2v) is 4.15. The Labute approximate surface area is 93.4 Å². The third kappa shape index (κ3) is 4.90. The smallest absolute Gasteiger partial charge is 0.262 e. The lowest BCUT2D eigenvalue weighted by Crippen LogP contribution is -2.23. The van der Waals surface area contributed by atoms with E-state index in [0.29, 0.717) is 11.4 Å². The number of nitrogens with zero attached hydrogens (tertiary/aromatic N) is 1. The van der Waals surface area contributed by atoms with Crippen LogP contribution < -0.4 is 5.32 Å². The third-order valence-electron chi connectivity index (χ3n) is 2.03. The maximum absolute atomic E-state index is 11.4. The second-order valence-electron chi connectivity index (χ2n) is 3.26. The van der Waals surface area contributed by atoms with Crippen molar-refractivity contribution in [3.8, 4) is 0 Å². The monoisotopic (exact) mass is 228 g/mol. The largest absolute Gasteiger partial charge is 0.396 e. The average Bonchev–Trinajstić information content (AvgIpc) is 2.76. The van der Waals surface area contributed by atoms with Gasteiger partial charge in [-0.1, -0.05) is 12.8 Å².